The lowest BCUT2D eigenvalue weighted by atomic mass is 10.1. The van der Waals surface area contributed by atoms with Gasteiger partial charge in [0.2, 0.25) is 0 Å². The fourth-order valence-corrected chi connectivity index (χ4v) is 3.18. The summed E-state index contributed by atoms with van der Waals surface area (Å²) in [5, 5.41) is 13.8. The molecule has 0 saturated heterocycles. The van der Waals surface area contributed by atoms with Crippen molar-refractivity contribution in [3.63, 3.8) is 0 Å². The van der Waals surface area contributed by atoms with E-state index in [0.717, 1.165) is 18.7 Å². The number of thiophene rings is 1. The fraction of sp³-hybridized carbons (Fsp3) is 0.455. The smallest absolute Gasteiger partial charge is 0.0845 e. The van der Waals surface area contributed by atoms with Crippen LogP contribution in [0.2, 0.25) is 0 Å². The molecule has 2 aromatic heterocycles. The highest BCUT2D eigenvalue weighted by Crippen LogP contribution is 2.24. The third-order valence-corrected chi connectivity index (χ3v) is 4.31. The summed E-state index contributed by atoms with van der Waals surface area (Å²) < 4.78 is 3.06. The van der Waals surface area contributed by atoms with Gasteiger partial charge < -0.3 is 5.32 Å². The molecule has 0 saturated carbocycles. The Morgan fingerprint density at radius 3 is 2.94 bits per heavy atom. The fourth-order valence-electron chi connectivity index (χ4n) is 1.76. The number of hydrogen-bond acceptors (Lipinski definition) is 4. The molecular weight excluding hydrogens is 347 g/mol. The number of aryl methyl sites for hydroxylation is 1. The molecule has 0 aliphatic rings. The third kappa shape index (κ3) is 3.49. The minimum absolute atomic E-state index is 0.330. The second kappa shape index (κ2) is 5.92. The van der Waals surface area contributed by atoms with Crippen molar-refractivity contribution in [3.05, 3.63) is 31.8 Å². The van der Waals surface area contributed by atoms with Crippen molar-refractivity contribution in [2.45, 2.75) is 19.4 Å². The molecule has 17 heavy (non-hydrogen) atoms. The minimum atomic E-state index is 0.330. The molecule has 0 spiro atoms. The quantitative estimate of drug-likeness (QED) is 0.831. The second-order valence-corrected chi connectivity index (χ2v) is 6.69. The van der Waals surface area contributed by atoms with Crippen LogP contribution < -0.4 is 5.32 Å². The van der Waals surface area contributed by atoms with Gasteiger partial charge in [-0.3, -0.25) is 4.68 Å². The first-order chi connectivity index (χ1) is 8.19. The molecule has 0 bridgehead atoms. The van der Waals surface area contributed by atoms with Crippen LogP contribution in [0, 0.1) is 2.88 Å². The van der Waals surface area contributed by atoms with Gasteiger partial charge in [0.15, 0.2) is 0 Å². The van der Waals surface area contributed by atoms with Crippen molar-refractivity contribution in [2.24, 2.45) is 7.05 Å². The molecule has 4 nitrogen and oxygen atoms in total. The number of hydrogen-bond donors (Lipinski definition) is 1. The van der Waals surface area contributed by atoms with E-state index in [1.54, 1.807) is 16.0 Å². The number of rotatable bonds is 5. The molecule has 2 heterocycles. The van der Waals surface area contributed by atoms with Crippen molar-refractivity contribution < 1.29 is 0 Å². The number of likely N-dealkylation sites (N-methyl/N-ethyl adjacent to an activating group) is 1. The average Bonchev–Trinajstić information content (AvgIpc) is 2.87. The van der Waals surface area contributed by atoms with Crippen molar-refractivity contribution in [2.75, 3.05) is 6.54 Å². The molecule has 1 N–H and O–H groups in total. The van der Waals surface area contributed by atoms with E-state index < -0.39 is 0 Å². The molecule has 0 aromatic carbocycles. The lowest BCUT2D eigenvalue weighted by Crippen LogP contribution is -2.22. The Balaban J connectivity index is 2.12. The first-order valence-electron chi connectivity index (χ1n) is 5.51. The zero-order valence-corrected chi connectivity index (χ0v) is 12.8. The second-order valence-electron chi connectivity index (χ2n) is 3.88. The van der Waals surface area contributed by atoms with Crippen LogP contribution in [0.1, 0.15) is 24.2 Å². The molecule has 0 radical (unpaired) electrons. The van der Waals surface area contributed by atoms with Crippen LogP contribution in [-0.2, 0) is 13.5 Å². The predicted octanol–water partition coefficient (Wildman–Crippen LogP) is 2.37. The lowest BCUT2D eigenvalue weighted by molar-refractivity contribution is 0.545. The Hall–Kier alpha value is -0.470. The maximum Gasteiger partial charge on any atom is 0.0845 e. The Labute approximate surface area is 119 Å². The molecular formula is C11H15IN4S. The van der Waals surface area contributed by atoms with E-state index in [1.165, 1.54) is 8.45 Å². The summed E-state index contributed by atoms with van der Waals surface area (Å²) >= 11 is 4.14. The van der Waals surface area contributed by atoms with Gasteiger partial charge in [0.1, 0.15) is 0 Å². The van der Waals surface area contributed by atoms with Crippen LogP contribution in [0.3, 0.4) is 0 Å². The molecule has 0 aliphatic heterocycles. The first-order valence-corrected chi connectivity index (χ1v) is 7.47. The van der Waals surface area contributed by atoms with Crippen LogP contribution in [0.4, 0.5) is 0 Å². The largest absolute Gasteiger partial charge is 0.310 e. The molecule has 92 valence electrons. The van der Waals surface area contributed by atoms with Gasteiger partial charge in [-0.15, -0.1) is 16.4 Å². The normalized spacial score (nSPS) is 12.9. The summed E-state index contributed by atoms with van der Waals surface area (Å²) in [7, 11) is 1.90. The highest BCUT2D eigenvalue weighted by atomic mass is 127. The van der Waals surface area contributed by atoms with E-state index in [0.29, 0.717) is 6.04 Å². The zero-order chi connectivity index (χ0) is 12.3. The van der Waals surface area contributed by atoms with Gasteiger partial charge in [-0.2, -0.15) is 0 Å². The summed E-state index contributed by atoms with van der Waals surface area (Å²) in [6, 6.07) is 2.56. The topological polar surface area (TPSA) is 42.7 Å². The van der Waals surface area contributed by atoms with Crippen LogP contribution in [0.25, 0.3) is 0 Å². The van der Waals surface area contributed by atoms with Gasteiger partial charge in [0.25, 0.3) is 0 Å². The van der Waals surface area contributed by atoms with Crippen LogP contribution in [0.15, 0.2) is 17.6 Å². The Morgan fingerprint density at radius 1 is 1.59 bits per heavy atom. The van der Waals surface area contributed by atoms with Crippen LogP contribution in [-0.4, -0.2) is 21.5 Å². The highest BCUT2D eigenvalue weighted by Gasteiger charge is 2.14. The summed E-state index contributed by atoms with van der Waals surface area (Å²) in [6.07, 6.45) is 2.86. The highest BCUT2D eigenvalue weighted by molar-refractivity contribution is 14.1. The van der Waals surface area contributed by atoms with E-state index in [1.807, 2.05) is 13.2 Å². The Kier molecular flexibility index (Phi) is 4.52. The average molecular weight is 362 g/mol. The maximum atomic E-state index is 4.14. The molecule has 0 fully saturated rings. The molecule has 2 rings (SSSR count). The number of aromatic nitrogens is 3. The van der Waals surface area contributed by atoms with E-state index >= 15 is 0 Å². The Morgan fingerprint density at radius 2 is 2.41 bits per heavy atom. The lowest BCUT2D eigenvalue weighted by Gasteiger charge is -2.15. The Bertz CT molecular complexity index is 479. The van der Waals surface area contributed by atoms with Gasteiger partial charge in [-0.25, -0.2) is 0 Å². The molecule has 0 amide bonds. The summed E-state index contributed by atoms with van der Waals surface area (Å²) in [5.74, 6) is 0. The summed E-state index contributed by atoms with van der Waals surface area (Å²) in [5.41, 5.74) is 2.37. The van der Waals surface area contributed by atoms with Crippen molar-refractivity contribution in [1.29, 1.82) is 0 Å². The third-order valence-electron chi connectivity index (χ3n) is 2.50. The van der Waals surface area contributed by atoms with Gasteiger partial charge in [0, 0.05) is 25.7 Å². The monoisotopic (exact) mass is 362 g/mol. The van der Waals surface area contributed by atoms with Gasteiger partial charge in [0.05, 0.1) is 8.58 Å². The summed E-state index contributed by atoms with van der Waals surface area (Å²) in [4.78, 5) is 0. The van der Waals surface area contributed by atoms with Gasteiger partial charge >= 0.3 is 0 Å². The minimum Gasteiger partial charge on any atom is -0.310 e. The molecule has 1 unspecified atom stereocenters. The molecule has 1 atom stereocenters. The van der Waals surface area contributed by atoms with Crippen molar-refractivity contribution in [3.8, 4) is 0 Å². The van der Waals surface area contributed by atoms with Crippen molar-refractivity contribution >= 4 is 33.9 Å². The zero-order valence-electron chi connectivity index (χ0n) is 9.85. The molecule has 2 aromatic rings. The predicted molar refractivity (Wildman–Crippen MR) is 78.2 cm³/mol. The van der Waals surface area contributed by atoms with E-state index in [-0.39, 0.29) is 0 Å². The molecule has 6 heteroatoms. The van der Waals surface area contributed by atoms with Gasteiger partial charge in [-0.1, -0.05) is 12.1 Å². The number of halogens is 1. The number of nitrogens with zero attached hydrogens (tertiary/aromatic N) is 3. The summed E-state index contributed by atoms with van der Waals surface area (Å²) in [6.45, 7) is 3.08. The van der Waals surface area contributed by atoms with Crippen molar-refractivity contribution in [1.82, 2.24) is 20.3 Å². The van der Waals surface area contributed by atoms with E-state index in [9.17, 15) is 0 Å². The maximum absolute atomic E-state index is 4.14. The SMILES string of the molecule is CCNC(Cc1cn(C)nn1)c1csc(I)c1. The van der Waals surface area contributed by atoms with E-state index in [2.05, 4.69) is 56.6 Å². The molecule has 0 aliphatic carbocycles. The van der Waals surface area contributed by atoms with E-state index in [4.69, 9.17) is 0 Å². The van der Waals surface area contributed by atoms with Gasteiger partial charge in [-0.05, 0) is 46.1 Å². The standard InChI is InChI=1S/C11H15IN4S/c1-3-13-10(8-4-11(12)17-7-8)5-9-6-16(2)15-14-9/h4,6-7,10,13H,3,5H2,1-2H3. The number of nitrogens with one attached hydrogen (secondary N) is 1. The first kappa shape index (κ1) is 13.0. The van der Waals surface area contributed by atoms with Crippen LogP contribution >= 0.6 is 33.9 Å². The van der Waals surface area contributed by atoms with Crippen LogP contribution in [0.5, 0.6) is 0 Å².